The van der Waals surface area contributed by atoms with E-state index in [1.165, 1.54) is 4.31 Å². The molecule has 120 valence electrons. The van der Waals surface area contributed by atoms with E-state index < -0.39 is 10.2 Å². The maximum absolute atomic E-state index is 12.0. The highest BCUT2D eigenvalue weighted by molar-refractivity contribution is 7.87. The van der Waals surface area contributed by atoms with Gasteiger partial charge in [-0.15, -0.1) is 0 Å². The van der Waals surface area contributed by atoms with Crippen molar-refractivity contribution >= 4 is 10.2 Å². The summed E-state index contributed by atoms with van der Waals surface area (Å²) < 4.78 is 38.5. The van der Waals surface area contributed by atoms with E-state index in [4.69, 9.17) is 9.47 Å². The molecule has 1 heterocycles. The molecule has 1 rings (SSSR count). The second kappa shape index (κ2) is 8.91. The third-order valence-corrected chi connectivity index (χ3v) is 4.53. The summed E-state index contributed by atoms with van der Waals surface area (Å²) in [5, 5.41) is 3.26. The molecule has 0 radical (unpaired) electrons. The van der Waals surface area contributed by atoms with Gasteiger partial charge in [0.2, 0.25) is 0 Å². The average molecular weight is 309 g/mol. The number of nitrogens with one attached hydrogen (secondary N) is 2. The molecule has 1 unspecified atom stereocenters. The van der Waals surface area contributed by atoms with E-state index in [1.807, 2.05) is 0 Å². The van der Waals surface area contributed by atoms with E-state index in [1.54, 1.807) is 7.05 Å². The van der Waals surface area contributed by atoms with Crippen molar-refractivity contribution in [3.8, 4) is 0 Å². The van der Waals surface area contributed by atoms with E-state index in [0.717, 1.165) is 13.0 Å². The molecule has 1 aliphatic heterocycles. The van der Waals surface area contributed by atoms with Crippen molar-refractivity contribution in [3.63, 3.8) is 0 Å². The molecule has 0 spiro atoms. The lowest BCUT2D eigenvalue weighted by molar-refractivity contribution is -0.0847. The Kier molecular flexibility index (Phi) is 7.93. The maximum atomic E-state index is 12.0. The van der Waals surface area contributed by atoms with Crippen LogP contribution in [0.5, 0.6) is 0 Å². The van der Waals surface area contributed by atoms with Crippen molar-refractivity contribution in [3.05, 3.63) is 0 Å². The highest BCUT2D eigenvalue weighted by atomic mass is 32.2. The second-order valence-corrected chi connectivity index (χ2v) is 7.07. The number of rotatable bonds is 9. The number of ether oxygens (including phenoxy) is 2. The predicted octanol–water partition coefficient (Wildman–Crippen LogP) is -0.444. The Morgan fingerprint density at radius 2 is 2.10 bits per heavy atom. The van der Waals surface area contributed by atoms with Gasteiger partial charge in [-0.1, -0.05) is 13.8 Å². The molecule has 1 fully saturated rings. The largest absolute Gasteiger partial charge is 0.376 e. The lowest BCUT2D eigenvalue weighted by Crippen LogP contribution is -2.45. The Morgan fingerprint density at radius 1 is 1.35 bits per heavy atom. The fourth-order valence-electron chi connectivity index (χ4n) is 1.78. The molecule has 2 N–H and O–H groups in total. The van der Waals surface area contributed by atoms with Gasteiger partial charge in [-0.2, -0.15) is 17.4 Å². The topological polar surface area (TPSA) is 79.9 Å². The molecule has 0 aromatic rings. The smallest absolute Gasteiger partial charge is 0.279 e. The summed E-state index contributed by atoms with van der Waals surface area (Å²) in [5.41, 5.74) is 0. The zero-order chi connectivity index (χ0) is 15.0. The van der Waals surface area contributed by atoms with Crippen LogP contribution in [0.3, 0.4) is 0 Å². The van der Waals surface area contributed by atoms with E-state index in [0.29, 0.717) is 32.4 Å². The van der Waals surface area contributed by atoms with E-state index in [9.17, 15) is 8.42 Å². The number of hydrogen-bond acceptors (Lipinski definition) is 5. The average Bonchev–Trinajstić information content (AvgIpc) is 2.42. The predicted molar refractivity (Wildman–Crippen MR) is 77.9 cm³/mol. The van der Waals surface area contributed by atoms with Crippen molar-refractivity contribution in [2.75, 3.05) is 46.5 Å². The van der Waals surface area contributed by atoms with E-state index in [-0.39, 0.29) is 12.6 Å². The first-order chi connectivity index (χ1) is 9.42. The fourth-order valence-corrected chi connectivity index (χ4v) is 2.76. The van der Waals surface area contributed by atoms with Crippen LogP contribution in [0.25, 0.3) is 0 Å². The van der Waals surface area contributed by atoms with Crippen LogP contribution in [0.15, 0.2) is 0 Å². The van der Waals surface area contributed by atoms with Crippen LogP contribution >= 0.6 is 0 Å². The molecule has 0 aromatic heterocycles. The molecule has 8 heteroatoms. The molecule has 1 saturated heterocycles. The Labute approximate surface area is 122 Å². The first kappa shape index (κ1) is 17.8. The number of hydrogen-bond donors (Lipinski definition) is 2. The highest BCUT2D eigenvalue weighted by Crippen LogP contribution is 2.01. The molecule has 0 amide bonds. The Morgan fingerprint density at radius 3 is 2.70 bits per heavy atom. The standard InChI is InChI=1S/C12H27N3O4S/c1-11(2)13-5-4-6-15(3)20(16,17)14-9-12-10-18-7-8-19-12/h11-14H,4-10H2,1-3H3. The van der Waals surface area contributed by atoms with Gasteiger partial charge < -0.3 is 14.8 Å². The van der Waals surface area contributed by atoms with Gasteiger partial charge >= 0.3 is 0 Å². The summed E-state index contributed by atoms with van der Waals surface area (Å²) in [6.07, 6.45) is 0.577. The van der Waals surface area contributed by atoms with E-state index in [2.05, 4.69) is 23.9 Å². The highest BCUT2D eigenvalue weighted by Gasteiger charge is 2.21. The van der Waals surface area contributed by atoms with E-state index >= 15 is 0 Å². The third-order valence-electron chi connectivity index (χ3n) is 2.99. The zero-order valence-electron chi connectivity index (χ0n) is 12.6. The molecule has 0 aliphatic carbocycles. The van der Waals surface area contributed by atoms with Crippen molar-refractivity contribution in [2.45, 2.75) is 32.4 Å². The minimum Gasteiger partial charge on any atom is -0.376 e. The molecule has 1 aliphatic rings. The van der Waals surface area contributed by atoms with Crippen LogP contribution in [0.4, 0.5) is 0 Å². The van der Waals surface area contributed by atoms with Gasteiger partial charge in [0, 0.05) is 26.2 Å². The van der Waals surface area contributed by atoms with Crippen LogP contribution < -0.4 is 10.0 Å². The minimum atomic E-state index is -3.44. The van der Waals surface area contributed by atoms with Gasteiger partial charge in [0.05, 0.1) is 25.9 Å². The zero-order valence-corrected chi connectivity index (χ0v) is 13.4. The second-order valence-electron chi connectivity index (χ2n) is 5.21. The summed E-state index contributed by atoms with van der Waals surface area (Å²) in [5.74, 6) is 0. The van der Waals surface area contributed by atoms with Gasteiger partial charge in [-0.25, -0.2) is 0 Å². The van der Waals surface area contributed by atoms with Gasteiger partial charge in [0.1, 0.15) is 0 Å². The van der Waals surface area contributed by atoms with Crippen molar-refractivity contribution in [2.24, 2.45) is 0 Å². The summed E-state index contributed by atoms with van der Waals surface area (Å²) in [7, 11) is -1.86. The number of nitrogens with zero attached hydrogens (tertiary/aromatic N) is 1. The Bertz CT molecular complexity index is 356. The molecular weight excluding hydrogens is 282 g/mol. The van der Waals surface area contributed by atoms with Crippen LogP contribution in [-0.4, -0.2) is 71.4 Å². The van der Waals surface area contributed by atoms with Crippen molar-refractivity contribution in [1.82, 2.24) is 14.3 Å². The molecule has 0 saturated carbocycles. The molecule has 20 heavy (non-hydrogen) atoms. The monoisotopic (exact) mass is 309 g/mol. The molecule has 0 aromatic carbocycles. The van der Waals surface area contributed by atoms with Crippen LogP contribution in [-0.2, 0) is 19.7 Å². The van der Waals surface area contributed by atoms with Gasteiger partial charge in [0.25, 0.3) is 10.2 Å². The summed E-state index contributed by atoms with van der Waals surface area (Å²) in [6.45, 7) is 7.19. The summed E-state index contributed by atoms with van der Waals surface area (Å²) in [6, 6.07) is 0.415. The Hall–Kier alpha value is -0.250. The van der Waals surface area contributed by atoms with Gasteiger partial charge in [0.15, 0.2) is 0 Å². The quantitative estimate of drug-likeness (QED) is 0.564. The summed E-state index contributed by atoms with van der Waals surface area (Å²) in [4.78, 5) is 0. The van der Waals surface area contributed by atoms with Gasteiger partial charge in [-0.05, 0) is 13.0 Å². The first-order valence-electron chi connectivity index (χ1n) is 7.05. The molecule has 1 atom stereocenters. The molecule has 0 bridgehead atoms. The van der Waals surface area contributed by atoms with Gasteiger partial charge in [-0.3, -0.25) is 0 Å². The van der Waals surface area contributed by atoms with Crippen LogP contribution in [0.1, 0.15) is 20.3 Å². The fraction of sp³-hybridized carbons (Fsp3) is 1.00. The lowest BCUT2D eigenvalue weighted by atomic mass is 10.3. The summed E-state index contributed by atoms with van der Waals surface area (Å²) >= 11 is 0. The Balaban J connectivity index is 2.23. The SMILES string of the molecule is CC(C)NCCCN(C)S(=O)(=O)NCC1COCCO1. The van der Waals surface area contributed by atoms with Crippen LogP contribution in [0, 0.1) is 0 Å². The molecule has 7 nitrogen and oxygen atoms in total. The van der Waals surface area contributed by atoms with Crippen molar-refractivity contribution < 1.29 is 17.9 Å². The first-order valence-corrected chi connectivity index (χ1v) is 8.49. The van der Waals surface area contributed by atoms with Crippen molar-refractivity contribution in [1.29, 1.82) is 0 Å². The normalized spacial score (nSPS) is 20.8. The van der Waals surface area contributed by atoms with Crippen LogP contribution in [0.2, 0.25) is 0 Å². The third kappa shape index (κ3) is 6.96. The minimum absolute atomic E-state index is 0.200. The lowest BCUT2D eigenvalue weighted by Gasteiger charge is -2.24. The molecular formula is C12H27N3O4S. The maximum Gasteiger partial charge on any atom is 0.279 e.